The molecule has 0 saturated heterocycles. The number of hydrogen-bond acceptors (Lipinski definition) is 6. The molecule has 0 fully saturated rings. The zero-order valence-electron chi connectivity index (χ0n) is 16.5. The van der Waals surface area contributed by atoms with E-state index in [0.717, 1.165) is 17.7 Å². The molecular weight excluding hydrogens is 407 g/mol. The fraction of sp³-hybridized carbons (Fsp3) is 0.238. The second-order valence-corrected chi connectivity index (χ2v) is 6.67. The van der Waals surface area contributed by atoms with Crippen LogP contribution in [0.2, 0.25) is 0 Å². The first-order valence-electron chi connectivity index (χ1n) is 9.35. The predicted molar refractivity (Wildman–Crippen MR) is 112 cm³/mol. The number of carboxylic acids is 1. The van der Waals surface area contributed by atoms with Crippen LogP contribution in [0.15, 0.2) is 53.6 Å². The summed E-state index contributed by atoms with van der Waals surface area (Å²) in [6.45, 7) is -0.648. The van der Waals surface area contributed by atoms with Crippen LogP contribution in [0.25, 0.3) is 0 Å². The highest BCUT2D eigenvalue weighted by Crippen LogP contribution is 2.21. The average molecular weight is 430 g/mol. The van der Waals surface area contributed by atoms with Gasteiger partial charge in [0.1, 0.15) is 11.7 Å². The molecule has 9 nitrogen and oxygen atoms in total. The second-order valence-electron chi connectivity index (χ2n) is 6.67. The molecule has 0 aliphatic heterocycles. The number of nitrogens with one attached hydrogen (secondary N) is 2. The summed E-state index contributed by atoms with van der Waals surface area (Å²) < 4.78 is 13.1. The van der Waals surface area contributed by atoms with Gasteiger partial charge in [-0.2, -0.15) is 5.10 Å². The first-order chi connectivity index (χ1) is 14.8. The highest BCUT2D eigenvalue weighted by Gasteiger charge is 2.30. The van der Waals surface area contributed by atoms with E-state index in [0.29, 0.717) is 5.69 Å². The summed E-state index contributed by atoms with van der Waals surface area (Å²) in [4.78, 5) is 35.9. The van der Waals surface area contributed by atoms with Crippen molar-refractivity contribution in [1.82, 2.24) is 5.32 Å². The van der Waals surface area contributed by atoms with Gasteiger partial charge in [-0.1, -0.05) is 24.3 Å². The molecule has 0 radical (unpaired) electrons. The molecule has 2 rings (SSSR count). The number of aliphatic hydroxyl groups is 1. The summed E-state index contributed by atoms with van der Waals surface area (Å²) in [5.74, 6) is 0.951. The minimum absolute atomic E-state index is 0.149. The molecule has 2 atom stereocenters. The number of carbonyl (C=O) groups excluding carboxylic acids is 2. The molecule has 1 unspecified atom stereocenters. The van der Waals surface area contributed by atoms with E-state index < -0.39 is 42.2 Å². The van der Waals surface area contributed by atoms with Crippen molar-refractivity contribution < 1.29 is 29.0 Å². The number of benzene rings is 2. The Morgan fingerprint density at radius 1 is 1.03 bits per heavy atom. The van der Waals surface area contributed by atoms with Gasteiger partial charge in [0.05, 0.1) is 18.9 Å². The molecule has 0 aromatic heterocycles. The number of hydrazone groups is 1. The topological polar surface area (TPSA) is 154 Å². The van der Waals surface area contributed by atoms with Gasteiger partial charge in [0.2, 0.25) is 11.8 Å². The Morgan fingerprint density at radius 3 is 2.19 bits per heavy atom. The van der Waals surface area contributed by atoms with Gasteiger partial charge in [-0.25, -0.2) is 4.39 Å². The van der Waals surface area contributed by atoms with Crippen molar-refractivity contribution in [3.05, 3.63) is 65.5 Å². The van der Waals surface area contributed by atoms with Crippen molar-refractivity contribution in [3.63, 3.8) is 0 Å². The van der Waals surface area contributed by atoms with Gasteiger partial charge < -0.3 is 26.7 Å². The number of anilines is 1. The van der Waals surface area contributed by atoms with E-state index in [9.17, 15) is 29.0 Å². The van der Waals surface area contributed by atoms with Crippen molar-refractivity contribution >= 4 is 29.7 Å². The third kappa shape index (κ3) is 7.19. The van der Waals surface area contributed by atoms with E-state index in [-0.39, 0.29) is 18.4 Å². The molecular formula is C21H23FN4O5. The molecule has 0 aliphatic rings. The van der Waals surface area contributed by atoms with E-state index in [4.69, 9.17) is 5.84 Å². The van der Waals surface area contributed by atoms with Crippen LogP contribution in [0.4, 0.5) is 10.1 Å². The molecule has 2 aromatic carbocycles. The number of nitrogens with two attached hydrogens (primary N) is 1. The summed E-state index contributed by atoms with van der Waals surface area (Å²) in [5.41, 5.74) is 1.51. The molecule has 6 N–H and O–H groups in total. The number of halogens is 1. The van der Waals surface area contributed by atoms with Crippen molar-refractivity contribution in [2.45, 2.75) is 24.8 Å². The smallest absolute Gasteiger partial charge is 0.313 e. The molecule has 31 heavy (non-hydrogen) atoms. The lowest BCUT2D eigenvalue weighted by Crippen LogP contribution is -2.44. The third-order valence-corrected chi connectivity index (χ3v) is 4.44. The Balaban J connectivity index is 1.92. The molecule has 0 heterocycles. The summed E-state index contributed by atoms with van der Waals surface area (Å²) in [5, 5.41) is 27.6. The quantitative estimate of drug-likeness (QED) is 0.217. The Kier molecular flexibility index (Phi) is 8.64. The van der Waals surface area contributed by atoms with Crippen LogP contribution in [0.5, 0.6) is 0 Å². The van der Waals surface area contributed by atoms with Gasteiger partial charge in [-0.05, 0) is 35.4 Å². The fourth-order valence-corrected chi connectivity index (χ4v) is 2.92. The van der Waals surface area contributed by atoms with Gasteiger partial charge >= 0.3 is 5.97 Å². The maximum absolute atomic E-state index is 13.1. The average Bonchev–Trinajstić information content (AvgIpc) is 2.74. The number of aliphatic hydroxyl groups excluding tert-OH is 1. The number of nitrogens with zero attached hydrogens (tertiary/aromatic N) is 1. The van der Waals surface area contributed by atoms with Gasteiger partial charge in [0, 0.05) is 18.5 Å². The number of rotatable bonds is 10. The molecule has 10 heteroatoms. The summed E-state index contributed by atoms with van der Waals surface area (Å²) >= 11 is 0. The van der Waals surface area contributed by atoms with Crippen LogP contribution in [0.3, 0.4) is 0 Å². The molecule has 2 amide bonds. The molecule has 0 spiro atoms. The van der Waals surface area contributed by atoms with Gasteiger partial charge in [-0.3, -0.25) is 14.4 Å². The van der Waals surface area contributed by atoms with E-state index in [1.165, 1.54) is 18.3 Å². The monoisotopic (exact) mass is 430 g/mol. The lowest BCUT2D eigenvalue weighted by atomic mass is 9.91. The number of hydrogen-bond donors (Lipinski definition) is 5. The Morgan fingerprint density at radius 2 is 1.65 bits per heavy atom. The zero-order chi connectivity index (χ0) is 22.8. The SMILES string of the molecule is NN=Cc1ccc(NC(=O)CCC(=O)N[C@H](CO)C(C(=O)O)c2ccc(F)cc2)cc1. The zero-order valence-corrected chi connectivity index (χ0v) is 16.5. The first kappa shape index (κ1) is 23.5. The molecule has 0 saturated carbocycles. The first-order valence-corrected chi connectivity index (χ1v) is 9.35. The molecule has 0 aliphatic carbocycles. The van der Waals surface area contributed by atoms with Gasteiger partial charge in [-0.15, -0.1) is 0 Å². The van der Waals surface area contributed by atoms with Crippen molar-refractivity contribution in [2.75, 3.05) is 11.9 Å². The van der Waals surface area contributed by atoms with E-state index in [1.54, 1.807) is 24.3 Å². The minimum Gasteiger partial charge on any atom is -0.481 e. The minimum atomic E-state index is -1.29. The molecule has 0 bridgehead atoms. The van der Waals surface area contributed by atoms with E-state index >= 15 is 0 Å². The predicted octanol–water partition coefficient (Wildman–Crippen LogP) is 1.18. The van der Waals surface area contributed by atoms with Crippen LogP contribution in [-0.4, -0.2) is 46.9 Å². The number of aliphatic carboxylic acids is 1. The highest BCUT2D eigenvalue weighted by molar-refractivity contribution is 5.93. The fourth-order valence-electron chi connectivity index (χ4n) is 2.92. The Bertz CT molecular complexity index is 932. The van der Waals surface area contributed by atoms with Crippen molar-refractivity contribution in [3.8, 4) is 0 Å². The van der Waals surface area contributed by atoms with Crippen molar-refractivity contribution in [2.24, 2.45) is 10.9 Å². The van der Waals surface area contributed by atoms with E-state index in [2.05, 4.69) is 15.7 Å². The second kappa shape index (κ2) is 11.4. The van der Waals surface area contributed by atoms with Crippen LogP contribution < -0.4 is 16.5 Å². The lowest BCUT2D eigenvalue weighted by molar-refractivity contribution is -0.140. The number of amides is 2. The van der Waals surface area contributed by atoms with Crippen molar-refractivity contribution in [1.29, 1.82) is 0 Å². The maximum atomic E-state index is 13.1. The van der Waals surface area contributed by atoms with E-state index in [1.807, 2.05) is 0 Å². The molecule has 2 aromatic rings. The van der Waals surface area contributed by atoms with Crippen LogP contribution >= 0.6 is 0 Å². The summed E-state index contributed by atoms with van der Waals surface area (Å²) in [6.07, 6.45) is 1.09. The summed E-state index contributed by atoms with van der Waals surface area (Å²) in [6, 6.07) is 10.3. The normalized spacial score (nSPS) is 12.8. The Labute approximate surface area is 177 Å². The molecule has 164 valence electrons. The third-order valence-electron chi connectivity index (χ3n) is 4.44. The largest absolute Gasteiger partial charge is 0.481 e. The highest BCUT2D eigenvalue weighted by atomic mass is 19.1. The lowest BCUT2D eigenvalue weighted by Gasteiger charge is -2.23. The van der Waals surface area contributed by atoms with Crippen LogP contribution in [-0.2, 0) is 14.4 Å². The Hall–Kier alpha value is -3.79. The van der Waals surface area contributed by atoms with Crippen LogP contribution in [0.1, 0.15) is 29.9 Å². The number of carbonyl (C=O) groups is 3. The standard InChI is InChI=1S/C21H23FN4O5/c22-15-5-3-14(4-6-15)20(21(30)31)17(12-27)26-19(29)10-9-18(28)25-16-7-1-13(2-8-16)11-24-23/h1-8,11,17,20,27H,9-10,12,23H2,(H,25,28)(H,26,29)(H,30,31)/t17-,20?/m1/s1. The summed E-state index contributed by atoms with van der Waals surface area (Å²) in [7, 11) is 0. The number of carboxylic acid groups (broad SMARTS) is 1. The van der Waals surface area contributed by atoms with Gasteiger partial charge in [0.15, 0.2) is 0 Å². The van der Waals surface area contributed by atoms with Gasteiger partial charge in [0.25, 0.3) is 0 Å². The van der Waals surface area contributed by atoms with Crippen LogP contribution in [0, 0.1) is 5.82 Å². The maximum Gasteiger partial charge on any atom is 0.313 e.